The fraction of sp³-hybridized carbons (Fsp3) is 0.263. The SMILES string of the molecule is NCC(=O)NCC(=O)Nc1cccc(COCCOc2ccccc2)c1. The van der Waals surface area contributed by atoms with Crippen LogP contribution in [0.25, 0.3) is 0 Å². The minimum absolute atomic E-state index is 0.117. The quantitative estimate of drug-likeness (QED) is 0.556. The zero-order valence-corrected chi connectivity index (χ0v) is 14.4. The van der Waals surface area contributed by atoms with Crippen LogP contribution in [0, 0.1) is 0 Å². The number of carbonyl (C=O) groups excluding carboxylic acids is 2. The second-order valence-electron chi connectivity index (χ2n) is 5.44. The van der Waals surface area contributed by atoms with Crippen molar-refractivity contribution in [1.29, 1.82) is 0 Å². The maximum atomic E-state index is 11.8. The Labute approximate surface area is 152 Å². The van der Waals surface area contributed by atoms with Gasteiger partial charge in [0.15, 0.2) is 0 Å². The molecule has 0 saturated heterocycles. The van der Waals surface area contributed by atoms with E-state index in [-0.39, 0.29) is 24.9 Å². The molecule has 0 aliphatic heterocycles. The second-order valence-corrected chi connectivity index (χ2v) is 5.44. The highest BCUT2D eigenvalue weighted by atomic mass is 16.5. The van der Waals surface area contributed by atoms with E-state index in [4.69, 9.17) is 15.2 Å². The zero-order chi connectivity index (χ0) is 18.6. The van der Waals surface area contributed by atoms with Gasteiger partial charge in [0.05, 0.1) is 26.3 Å². The van der Waals surface area contributed by atoms with Gasteiger partial charge in [0.1, 0.15) is 12.4 Å². The first kappa shape index (κ1) is 19.4. The number of hydrogen-bond donors (Lipinski definition) is 3. The Bertz CT molecular complexity index is 707. The number of ether oxygens (including phenoxy) is 2. The van der Waals surface area contributed by atoms with Gasteiger partial charge in [-0.2, -0.15) is 0 Å². The number of anilines is 1. The van der Waals surface area contributed by atoms with Gasteiger partial charge in [-0.15, -0.1) is 0 Å². The average molecular weight is 357 g/mol. The minimum Gasteiger partial charge on any atom is -0.491 e. The van der Waals surface area contributed by atoms with Crippen LogP contribution in [0.2, 0.25) is 0 Å². The normalized spacial score (nSPS) is 10.2. The summed E-state index contributed by atoms with van der Waals surface area (Å²) in [6, 6.07) is 16.9. The van der Waals surface area contributed by atoms with Crippen molar-refractivity contribution in [3.8, 4) is 5.75 Å². The van der Waals surface area contributed by atoms with Gasteiger partial charge in [0, 0.05) is 5.69 Å². The summed E-state index contributed by atoms with van der Waals surface area (Å²) in [4.78, 5) is 22.8. The van der Waals surface area contributed by atoms with E-state index < -0.39 is 0 Å². The molecule has 0 radical (unpaired) electrons. The summed E-state index contributed by atoms with van der Waals surface area (Å²) in [7, 11) is 0. The number of nitrogens with two attached hydrogens (primary N) is 1. The molecule has 138 valence electrons. The third-order valence-corrected chi connectivity index (χ3v) is 3.35. The van der Waals surface area contributed by atoms with E-state index >= 15 is 0 Å². The Kier molecular flexibility index (Phi) is 8.11. The van der Waals surface area contributed by atoms with Crippen LogP contribution >= 0.6 is 0 Å². The summed E-state index contributed by atoms with van der Waals surface area (Å²) in [6.07, 6.45) is 0. The Morgan fingerprint density at radius 3 is 2.54 bits per heavy atom. The topological polar surface area (TPSA) is 103 Å². The monoisotopic (exact) mass is 357 g/mol. The van der Waals surface area contributed by atoms with E-state index in [0.717, 1.165) is 11.3 Å². The van der Waals surface area contributed by atoms with Crippen molar-refractivity contribution in [3.63, 3.8) is 0 Å². The molecule has 2 amide bonds. The zero-order valence-electron chi connectivity index (χ0n) is 14.4. The first-order valence-corrected chi connectivity index (χ1v) is 8.28. The summed E-state index contributed by atoms with van der Waals surface area (Å²) in [5, 5.41) is 5.12. The van der Waals surface area contributed by atoms with E-state index in [1.165, 1.54) is 0 Å². The Balaban J connectivity index is 1.69. The number of para-hydroxylation sites is 1. The third-order valence-electron chi connectivity index (χ3n) is 3.35. The molecule has 2 aromatic carbocycles. The van der Waals surface area contributed by atoms with Crippen molar-refractivity contribution >= 4 is 17.5 Å². The first-order chi connectivity index (χ1) is 12.7. The summed E-state index contributed by atoms with van der Waals surface area (Å²) in [5.41, 5.74) is 6.73. The van der Waals surface area contributed by atoms with Crippen LogP contribution in [0.5, 0.6) is 5.75 Å². The first-order valence-electron chi connectivity index (χ1n) is 8.28. The molecule has 2 aromatic rings. The standard InChI is InChI=1S/C19H23N3O4/c20-12-18(23)21-13-19(24)22-16-6-4-5-15(11-16)14-25-9-10-26-17-7-2-1-3-8-17/h1-8,11H,9-10,12-14,20H2,(H,21,23)(H,22,24). The van der Waals surface area contributed by atoms with Gasteiger partial charge in [-0.3, -0.25) is 9.59 Å². The van der Waals surface area contributed by atoms with Crippen molar-refractivity contribution in [2.24, 2.45) is 5.73 Å². The lowest BCUT2D eigenvalue weighted by Crippen LogP contribution is -2.36. The molecule has 0 atom stereocenters. The molecule has 0 aliphatic rings. The molecule has 0 unspecified atom stereocenters. The Morgan fingerprint density at radius 2 is 1.77 bits per heavy atom. The van der Waals surface area contributed by atoms with Gasteiger partial charge in [0.2, 0.25) is 11.8 Å². The molecule has 0 aromatic heterocycles. The van der Waals surface area contributed by atoms with E-state index in [0.29, 0.717) is 25.5 Å². The molecule has 0 aliphatic carbocycles. The second kappa shape index (κ2) is 10.9. The highest BCUT2D eigenvalue weighted by Crippen LogP contribution is 2.12. The van der Waals surface area contributed by atoms with Crippen molar-refractivity contribution < 1.29 is 19.1 Å². The largest absolute Gasteiger partial charge is 0.491 e. The van der Waals surface area contributed by atoms with E-state index in [9.17, 15) is 9.59 Å². The lowest BCUT2D eigenvalue weighted by Gasteiger charge is -2.09. The van der Waals surface area contributed by atoms with Crippen molar-refractivity contribution in [3.05, 3.63) is 60.2 Å². The summed E-state index contributed by atoms with van der Waals surface area (Å²) in [6.45, 7) is 1.06. The Morgan fingerprint density at radius 1 is 0.962 bits per heavy atom. The van der Waals surface area contributed by atoms with E-state index in [2.05, 4.69) is 10.6 Å². The predicted octanol–water partition coefficient (Wildman–Crippen LogP) is 1.30. The molecule has 7 heteroatoms. The van der Waals surface area contributed by atoms with Crippen LogP contribution in [0.3, 0.4) is 0 Å². The number of carbonyl (C=O) groups is 2. The molecule has 0 bridgehead atoms. The van der Waals surface area contributed by atoms with Gasteiger partial charge in [-0.1, -0.05) is 30.3 Å². The molecule has 0 spiro atoms. The van der Waals surface area contributed by atoms with E-state index in [1.54, 1.807) is 6.07 Å². The fourth-order valence-electron chi connectivity index (χ4n) is 2.12. The molecule has 4 N–H and O–H groups in total. The smallest absolute Gasteiger partial charge is 0.243 e. The number of benzene rings is 2. The van der Waals surface area contributed by atoms with Gasteiger partial charge in [-0.25, -0.2) is 0 Å². The average Bonchev–Trinajstić information content (AvgIpc) is 2.67. The highest BCUT2D eigenvalue weighted by molar-refractivity contribution is 5.94. The number of rotatable bonds is 10. The van der Waals surface area contributed by atoms with Gasteiger partial charge >= 0.3 is 0 Å². The predicted molar refractivity (Wildman–Crippen MR) is 98.7 cm³/mol. The maximum Gasteiger partial charge on any atom is 0.243 e. The molecular formula is C19H23N3O4. The molecule has 2 rings (SSSR count). The summed E-state index contributed by atoms with van der Waals surface area (Å²) in [5.74, 6) is 0.115. The van der Waals surface area contributed by atoms with Crippen LogP contribution in [0.4, 0.5) is 5.69 Å². The van der Waals surface area contributed by atoms with Gasteiger partial charge in [0.25, 0.3) is 0 Å². The van der Waals surface area contributed by atoms with Gasteiger partial charge < -0.3 is 25.8 Å². The molecule has 7 nitrogen and oxygen atoms in total. The Hall–Kier alpha value is -2.90. The third kappa shape index (κ3) is 7.33. The summed E-state index contributed by atoms with van der Waals surface area (Å²) >= 11 is 0. The molecule has 0 heterocycles. The molecule has 0 saturated carbocycles. The minimum atomic E-state index is -0.375. The van der Waals surface area contributed by atoms with E-state index in [1.807, 2.05) is 48.5 Å². The summed E-state index contributed by atoms with van der Waals surface area (Å²) < 4.78 is 11.1. The van der Waals surface area contributed by atoms with Crippen LogP contribution < -0.4 is 21.1 Å². The van der Waals surface area contributed by atoms with Crippen LogP contribution in [-0.4, -0.2) is 38.1 Å². The number of nitrogens with one attached hydrogen (secondary N) is 2. The molecule has 0 fully saturated rings. The van der Waals surface area contributed by atoms with Gasteiger partial charge in [-0.05, 0) is 29.8 Å². The van der Waals surface area contributed by atoms with Crippen molar-refractivity contribution in [1.82, 2.24) is 5.32 Å². The molecule has 26 heavy (non-hydrogen) atoms. The number of hydrogen-bond acceptors (Lipinski definition) is 5. The maximum absolute atomic E-state index is 11.8. The van der Waals surface area contributed by atoms with Crippen LogP contribution in [0.15, 0.2) is 54.6 Å². The molecular weight excluding hydrogens is 334 g/mol. The van der Waals surface area contributed by atoms with Crippen molar-refractivity contribution in [2.45, 2.75) is 6.61 Å². The lowest BCUT2D eigenvalue weighted by atomic mass is 10.2. The fourth-order valence-corrected chi connectivity index (χ4v) is 2.12. The lowest BCUT2D eigenvalue weighted by molar-refractivity contribution is -0.123. The van der Waals surface area contributed by atoms with Crippen LogP contribution in [-0.2, 0) is 20.9 Å². The number of amides is 2. The van der Waals surface area contributed by atoms with Crippen LogP contribution in [0.1, 0.15) is 5.56 Å². The van der Waals surface area contributed by atoms with Crippen molar-refractivity contribution in [2.75, 3.05) is 31.6 Å². The highest BCUT2D eigenvalue weighted by Gasteiger charge is 2.05.